The Morgan fingerprint density at radius 2 is 1.36 bits per heavy atom. The van der Waals surface area contributed by atoms with Crippen LogP contribution in [-0.4, -0.2) is 48.4 Å². The van der Waals surface area contributed by atoms with E-state index in [9.17, 15) is 4.79 Å². The molecule has 0 radical (unpaired) electrons. The van der Waals surface area contributed by atoms with Crippen molar-refractivity contribution < 1.29 is 4.79 Å². The fraction of sp³-hybridized carbons (Fsp3) is 0.480. The van der Waals surface area contributed by atoms with Crippen molar-refractivity contribution in [3.63, 3.8) is 0 Å². The summed E-state index contributed by atoms with van der Waals surface area (Å²) in [7, 11) is 0. The number of benzene rings is 2. The van der Waals surface area contributed by atoms with Crippen molar-refractivity contribution in [3.8, 4) is 0 Å². The fourth-order valence-corrected chi connectivity index (χ4v) is 4.54. The standard InChI is InChI=1S/C25H34N2O/c1-3-27(4-2)24(28)25(22-14-8-5-9-15-22,23-16-10-6-11-17-23)18-21-26-19-12-7-13-20-26/h5-6,8-11,14-17H,3-4,7,12-13,18-21H2,1-2H3. The molecule has 1 saturated heterocycles. The summed E-state index contributed by atoms with van der Waals surface area (Å²) < 4.78 is 0. The quantitative estimate of drug-likeness (QED) is 0.664. The van der Waals surface area contributed by atoms with E-state index in [1.807, 2.05) is 17.0 Å². The van der Waals surface area contributed by atoms with E-state index < -0.39 is 5.41 Å². The Kier molecular flexibility index (Phi) is 7.27. The molecular formula is C25H34N2O. The number of carbonyl (C=O) groups excluding carboxylic acids is 1. The van der Waals surface area contributed by atoms with Gasteiger partial charge in [-0.3, -0.25) is 4.79 Å². The van der Waals surface area contributed by atoms with Crippen molar-refractivity contribution in [2.45, 2.75) is 44.9 Å². The minimum Gasteiger partial charge on any atom is -0.342 e. The highest BCUT2D eigenvalue weighted by Gasteiger charge is 2.43. The normalized spacial score (nSPS) is 15.4. The predicted molar refractivity (Wildman–Crippen MR) is 117 cm³/mol. The summed E-state index contributed by atoms with van der Waals surface area (Å²) in [6, 6.07) is 20.8. The van der Waals surface area contributed by atoms with Gasteiger partial charge in [0, 0.05) is 13.1 Å². The number of likely N-dealkylation sites (tertiary alicyclic amines) is 1. The maximum absolute atomic E-state index is 14.0. The second-order valence-electron chi connectivity index (χ2n) is 7.77. The zero-order chi connectivity index (χ0) is 19.8. The molecular weight excluding hydrogens is 344 g/mol. The van der Waals surface area contributed by atoms with Crippen LogP contribution in [0.15, 0.2) is 60.7 Å². The monoisotopic (exact) mass is 378 g/mol. The highest BCUT2D eigenvalue weighted by molar-refractivity contribution is 5.92. The van der Waals surface area contributed by atoms with E-state index in [2.05, 4.69) is 67.3 Å². The fourth-order valence-electron chi connectivity index (χ4n) is 4.54. The van der Waals surface area contributed by atoms with Gasteiger partial charge in [-0.05, 0) is 63.9 Å². The van der Waals surface area contributed by atoms with E-state index in [-0.39, 0.29) is 5.91 Å². The number of nitrogens with zero attached hydrogens (tertiary/aromatic N) is 2. The average Bonchev–Trinajstić information content (AvgIpc) is 2.77. The van der Waals surface area contributed by atoms with Crippen LogP contribution in [0, 0.1) is 0 Å². The predicted octanol–water partition coefficient (Wildman–Crippen LogP) is 4.72. The molecule has 0 aliphatic carbocycles. The first kappa shape index (κ1) is 20.6. The van der Waals surface area contributed by atoms with Gasteiger partial charge in [0.25, 0.3) is 0 Å². The topological polar surface area (TPSA) is 23.6 Å². The van der Waals surface area contributed by atoms with E-state index in [0.29, 0.717) is 0 Å². The van der Waals surface area contributed by atoms with Gasteiger partial charge in [-0.2, -0.15) is 0 Å². The van der Waals surface area contributed by atoms with Gasteiger partial charge in [-0.25, -0.2) is 0 Å². The first-order valence-electron chi connectivity index (χ1n) is 10.8. The summed E-state index contributed by atoms with van der Waals surface area (Å²) in [5, 5.41) is 0. The van der Waals surface area contributed by atoms with E-state index in [4.69, 9.17) is 0 Å². The van der Waals surface area contributed by atoms with Gasteiger partial charge < -0.3 is 9.80 Å². The third kappa shape index (κ3) is 4.30. The van der Waals surface area contributed by atoms with Crippen LogP contribution >= 0.6 is 0 Å². The highest BCUT2D eigenvalue weighted by atomic mass is 16.2. The van der Waals surface area contributed by atoms with E-state index in [0.717, 1.165) is 50.3 Å². The Balaban J connectivity index is 2.06. The molecule has 1 heterocycles. The van der Waals surface area contributed by atoms with Crippen LogP contribution in [0.25, 0.3) is 0 Å². The Hall–Kier alpha value is -2.13. The van der Waals surface area contributed by atoms with Gasteiger partial charge >= 0.3 is 0 Å². The Bertz CT molecular complexity index is 679. The van der Waals surface area contributed by atoms with Crippen molar-refractivity contribution in [3.05, 3.63) is 71.8 Å². The van der Waals surface area contributed by atoms with Crippen molar-refractivity contribution in [2.24, 2.45) is 0 Å². The maximum Gasteiger partial charge on any atom is 0.237 e. The Morgan fingerprint density at radius 1 is 0.857 bits per heavy atom. The first-order chi connectivity index (χ1) is 13.7. The number of likely N-dealkylation sites (N-methyl/N-ethyl adjacent to an activating group) is 1. The number of hydrogen-bond acceptors (Lipinski definition) is 2. The van der Waals surface area contributed by atoms with E-state index in [1.165, 1.54) is 19.3 Å². The lowest BCUT2D eigenvalue weighted by atomic mass is 9.70. The number of piperidine rings is 1. The number of hydrogen-bond donors (Lipinski definition) is 0. The summed E-state index contributed by atoms with van der Waals surface area (Å²) in [5.41, 5.74) is 1.58. The van der Waals surface area contributed by atoms with Crippen LogP contribution in [-0.2, 0) is 10.2 Å². The van der Waals surface area contributed by atoms with Gasteiger partial charge in [0.15, 0.2) is 0 Å². The Morgan fingerprint density at radius 3 is 1.82 bits per heavy atom. The van der Waals surface area contributed by atoms with E-state index in [1.54, 1.807) is 0 Å². The molecule has 0 aromatic heterocycles. The summed E-state index contributed by atoms with van der Waals surface area (Å²) in [6.45, 7) is 8.88. The lowest BCUT2D eigenvalue weighted by Crippen LogP contribution is -2.49. The molecule has 0 saturated carbocycles. The van der Waals surface area contributed by atoms with Crippen molar-refractivity contribution in [2.75, 3.05) is 32.7 Å². The van der Waals surface area contributed by atoms with Crippen LogP contribution in [0.3, 0.4) is 0 Å². The third-order valence-corrected chi connectivity index (χ3v) is 6.20. The molecule has 0 atom stereocenters. The molecule has 2 aromatic rings. The van der Waals surface area contributed by atoms with Crippen molar-refractivity contribution in [1.82, 2.24) is 9.80 Å². The maximum atomic E-state index is 14.0. The number of carbonyl (C=O) groups is 1. The zero-order valence-corrected chi connectivity index (χ0v) is 17.4. The molecule has 0 spiro atoms. The minimum absolute atomic E-state index is 0.229. The van der Waals surface area contributed by atoms with Gasteiger partial charge in [-0.15, -0.1) is 0 Å². The first-order valence-corrected chi connectivity index (χ1v) is 10.8. The van der Waals surface area contributed by atoms with Gasteiger partial charge in [-0.1, -0.05) is 67.1 Å². The lowest BCUT2D eigenvalue weighted by Gasteiger charge is -2.39. The molecule has 1 aliphatic heterocycles. The van der Waals surface area contributed by atoms with Crippen molar-refractivity contribution >= 4 is 5.91 Å². The molecule has 3 nitrogen and oxygen atoms in total. The average molecular weight is 379 g/mol. The molecule has 28 heavy (non-hydrogen) atoms. The molecule has 1 aliphatic rings. The SMILES string of the molecule is CCN(CC)C(=O)C(CCN1CCCCC1)(c1ccccc1)c1ccccc1. The van der Waals surface area contributed by atoms with Gasteiger partial charge in [0.1, 0.15) is 5.41 Å². The lowest BCUT2D eigenvalue weighted by molar-refractivity contribution is -0.136. The third-order valence-electron chi connectivity index (χ3n) is 6.20. The summed E-state index contributed by atoms with van der Waals surface area (Å²) in [4.78, 5) is 18.5. The van der Waals surface area contributed by atoms with Crippen LogP contribution in [0.4, 0.5) is 0 Å². The largest absolute Gasteiger partial charge is 0.342 e. The number of rotatable bonds is 8. The number of amides is 1. The van der Waals surface area contributed by atoms with Gasteiger partial charge in [0.2, 0.25) is 5.91 Å². The molecule has 3 heteroatoms. The van der Waals surface area contributed by atoms with Crippen molar-refractivity contribution in [1.29, 1.82) is 0 Å². The van der Waals surface area contributed by atoms with Gasteiger partial charge in [0.05, 0.1) is 0 Å². The Labute approximate surface area is 170 Å². The molecule has 2 aromatic carbocycles. The molecule has 1 fully saturated rings. The molecule has 3 rings (SSSR count). The van der Waals surface area contributed by atoms with Crippen LogP contribution in [0.2, 0.25) is 0 Å². The molecule has 1 amide bonds. The molecule has 0 N–H and O–H groups in total. The minimum atomic E-state index is -0.633. The molecule has 150 valence electrons. The van der Waals surface area contributed by atoms with Crippen LogP contribution in [0.5, 0.6) is 0 Å². The van der Waals surface area contributed by atoms with Crippen LogP contribution in [0.1, 0.15) is 50.7 Å². The molecule has 0 unspecified atom stereocenters. The smallest absolute Gasteiger partial charge is 0.237 e. The van der Waals surface area contributed by atoms with E-state index >= 15 is 0 Å². The summed E-state index contributed by atoms with van der Waals surface area (Å²) in [6.07, 6.45) is 4.69. The highest BCUT2D eigenvalue weighted by Crippen LogP contribution is 2.38. The van der Waals surface area contributed by atoms with Crippen LogP contribution < -0.4 is 0 Å². The second kappa shape index (κ2) is 9.88. The second-order valence-corrected chi connectivity index (χ2v) is 7.77. The molecule has 0 bridgehead atoms. The summed E-state index contributed by atoms with van der Waals surface area (Å²) >= 11 is 0. The zero-order valence-electron chi connectivity index (χ0n) is 17.4. The summed E-state index contributed by atoms with van der Waals surface area (Å²) in [5.74, 6) is 0.229.